The Morgan fingerprint density at radius 1 is 0.744 bits per heavy atom. The predicted molar refractivity (Wildman–Crippen MR) is 158 cm³/mol. The van der Waals surface area contributed by atoms with Crippen molar-refractivity contribution in [2.45, 2.75) is 0 Å². The molecule has 0 aliphatic carbocycles. The third kappa shape index (κ3) is 24.1. The van der Waals surface area contributed by atoms with E-state index in [1.54, 1.807) is 0 Å². The van der Waals surface area contributed by atoms with E-state index < -0.39 is 7.82 Å². The van der Waals surface area contributed by atoms with Crippen LogP contribution in [-0.2, 0) is 18.3 Å². The molecule has 11 nitrogen and oxygen atoms in total. The fourth-order valence-electron chi connectivity index (χ4n) is 3.29. The van der Waals surface area contributed by atoms with E-state index in [2.05, 4.69) is 38.2 Å². The highest BCUT2D eigenvalue weighted by molar-refractivity contribution is 7.47. The van der Waals surface area contributed by atoms with Crippen molar-refractivity contribution in [3.05, 3.63) is 0 Å². The lowest BCUT2D eigenvalue weighted by atomic mass is 10.3. The summed E-state index contributed by atoms with van der Waals surface area (Å²) in [5.74, 6) is 8.06. The van der Waals surface area contributed by atoms with E-state index in [-0.39, 0.29) is 13.2 Å². The first-order valence-corrected chi connectivity index (χ1v) is 14.9. The lowest BCUT2D eigenvalue weighted by molar-refractivity contribution is -0.870. The number of likely N-dealkylation sites (N-methyl/N-ethyl adjacent to an activating group) is 2. The van der Waals surface area contributed by atoms with Crippen LogP contribution in [-0.4, -0.2) is 164 Å². The molecular formula is C27H52N6O5P+. The van der Waals surface area contributed by atoms with Crippen molar-refractivity contribution in [3.63, 3.8) is 0 Å². The molecule has 0 aromatic heterocycles. The van der Waals surface area contributed by atoms with E-state index in [1.165, 1.54) is 0 Å². The third-order valence-corrected chi connectivity index (χ3v) is 6.63. The molecule has 3 N–H and O–H groups in total. The highest BCUT2D eigenvalue weighted by Gasteiger charge is 2.23. The first-order chi connectivity index (χ1) is 18.6. The van der Waals surface area contributed by atoms with Gasteiger partial charge in [0.2, 0.25) is 0 Å². The van der Waals surface area contributed by atoms with E-state index in [0.29, 0.717) is 63.5 Å². The van der Waals surface area contributed by atoms with Gasteiger partial charge in [-0.05, 0) is 7.05 Å². The Kier molecular flexibility index (Phi) is 22.4. The van der Waals surface area contributed by atoms with Gasteiger partial charge in [0.25, 0.3) is 0 Å². The fraction of sp³-hybridized carbons (Fsp3) is 0.778. The Morgan fingerprint density at radius 3 is 1.72 bits per heavy atom. The molecule has 0 saturated heterocycles. The molecule has 0 spiro atoms. The first kappa shape index (κ1) is 37.5. The zero-order chi connectivity index (χ0) is 29.4. The molecule has 0 amide bonds. The molecular weight excluding hydrogens is 519 g/mol. The summed E-state index contributed by atoms with van der Waals surface area (Å²) < 4.78 is 28.7. The van der Waals surface area contributed by atoms with Gasteiger partial charge in [0, 0.05) is 58.9 Å². The summed E-state index contributed by atoms with van der Waals surface area (Å²) in [6.07, 6.45) is 16.7. The van der Waals surface area contributed by atoms with Crippen LogP contribution in [0.25, 0.3) is 0 Å². The van der Waals surface area contributed by atoms with Crippen LogP contribution >= 0.6 is 7.82 Å². The predicted octanol–water partition coefficient (Wildman–Crippen LogP) is -0.543. The van der Waals surface area contributed by atoms with Crippen molar-refractivity contribution in [2.75, 3.05) is 140 Å². The Labute approximate surface area is 237 Å². The van der Waals surface area contributed by atoms with Crippen molar-refractivity contribution in [2.24, 2.45) is 0 Å². The number of terminal acetylenes is 3. The molecule has 0 aliphatic rings. The fourth-order valence-corrected chi connectivity index (χ4v) is 3.99. The van der Waals surface area contributed by atoms with Crippen molar-refractivity contribution in [1.29, 1.82) is 0 Å². The lowest BCUT2D eigenvalue weighted by Gasteiger charge is -2.28. The summed E-state index contributed by atoms with van der Waals surface area (Å²) in [7, 11) is 3.73. The van der Waals surface area contributed by atoms with Gasteiger partial charge >= 0.3 is 7.82 Å². The van der Waals surface area contributed by atoms with Gasteiger partial charge < -0.3 is 24.7 Å². The third-order valence-electron chi connectivity index (χ3n) is 5.61. The van der Waals surface area contributed by atoms with E-state index in [4.69, 9.17) is 33.1 Å². The summed E-state index contributed by atoms with van der Waals surface area (Å²) in [5, 5.41) is 6.39. The zero-order valence-corrected chi connectivity index (χ0v) is 25.5. The zero-order valence-electron chi connectivity index (χ0n) is 24.6. The van der Waals surface area contributed by atoms with Crippen LogP contribution in [0.4, 0.5) is 0 Å². The number of phosphoric acid groups is 1. The first-order valence-electron chi connectivity index (χ1n) is 13.4. The minimum absolute atomic E-state index is 0.0237. The van der Waals surface area contributed by atoms with Gasteiger partial charge in [0.1, 0.15) is 13.2 Å². The molecule has 1 unspecified atom stereocenters. The number of nitrogens with one attached hydrogen (secondary N) is 2. The van der Waals surface area contributed by atoms with Gasteiger partial charge in [-0.3, -0.25) is 23.7 Å². The molecule has 0 rings (SSSR count). The van der Waals surface area contributed by atoms with Crippen molar-refractivity contribution < 1.29 is 27.7 Å². The van der Waals surface area contributed by atoms with Crippen molar-refractivity contribution >= 4 is 7.82 Å². The summed E-state index contributed by atoms with van der Waals surface area (Å²) in [5.41, 5.74) is 0. The number of rotatable bonds is 26. The molecule has 0 bridgehead atoms. The van der Waals surface area contributed by atoms with Crippen LogP contribution in [0.1, 0.15) is 0 Å². The largest absolute Gasteiger partial charge is 0.472 e. The number of ether oxygens (including phenoxy) is 1. The highest BCUT2D eigenvalue weighted by atomic mass is 31.2. The maximum absolute atomic E-state index is 12.1. The molecule has 39 heavy (non-hydrogen) atoms. The van der Waals surface area contributed by atoms with Crippen LogP contribution in [0.3, 0.4) is 0 Å². The monoisotopic (exact) mass is 571 g/mol. The van der Waals surface area contributed by atoms with Gasteiger partial charge in [-0.2, -0.15) is 0 Å². The maximum atomic E-state index is 12.1. The smallest absolute Gasteiger partial charge is 0.379 e. The molecule has 0 radical (unpaired) electrons. The topological polar surface area (TPSA) is 98.8 Å². The molecule has 0 aliphatic heterocycles. The minimum atomic E-state index is -4.11. The summed E-state index contributed by atoms with van der Waals surface area (Å²) in [6.45, 7) is 9.99. The second kappa shape index (κ2) is 23.2. The van der Waals surface area contributed by atoms with Gasteiger partial charge in [-0.15, -0.1) is 19.3 Å². The number of phosphoric ester groups is 1. The number of nitrogens with zero attached hydrogens (tertiary/aromatic N) is 4. The van der Waals surface area contributed by atoms with Gasteiger partial charge in [0.05, 0.1) is 60.6 Å². The highest BCUT2D eigenvalue weighted by Crippen LogP contribution is 2.42. The summed E-state index contributed by atoms with van der Waals surface area (Å²) >= 11 is 0. The average Bonchev–Trinajstić information content (AvgIpc) is 2.85. The summed E-state index contributed by atoms with van der Waals surface area (Å²) in [6, 6.07) is 0. The summed E-state index contributed by atoms with van der Waals surface area (Å²) in [4.78, 5) is 16.2. The molecule has 12 heteroatoms. The second-order valence-corrected chi connectivity index (χ2v) is 11.5. The average molecular weight is 572 g/mol. The van der Waals surface area contributed by atoms with Crippen LogP contribution in [0, 0.1) is 37.0 Å². The standard InChI is InChI=1S/C27H51N6O5P/c1-8-14-30(17-19-31(15-9-2)21-25-36-24-13-29-12-11-28-4)18-20-32(16-10-3)22-26-37-39(34,35)38-27-23-33(5,6)7/h1-3,28-29H,11-27H2,4-7H3/p+1. The molecule has 0 aromatic rings. The van der Waals surface area contributed by atoms with Crippen LogP contribution in [0.5, 0.6) is 0 Å². The molecule has 224 valence electrons. The number of hydrogen-bond donors (Lipinski definition) is 3. The molecule has 0 fully saturated rings. The maximum Gasteiger partial charge on any atom is 0.472 e. The van der Waals surface area contributed by atoms with E-state index in [0.717, 1.165) is 39.3 Å². The number of hydrogen-bond acceptors (Lipinski definition) is 9. The van der Waals surface area contributed by atoms with Crippen LogP contribution in [0.15, 0.2) is 0 Å². The Hall–Kier alpha value is -1.49. The normalized spacial score (nSPS) is 13.4. The SMILES string of the molecule is C#CCN(CCOCCNCCNC)CCN(CC#C)CCN(CC#C)CCOP(=O)(O)OCC[N+](C)(C)C. The van der Waals surface area contributed by atoms with Gasteiger partial charge in [0.15, 0.2) is 0 Å². The van der Waals surface area contributed by atoms with E-state index in [1.807, 2.05) is 33.1 Å². The molecule has 0 heterocycles. The lowest BCUT2D eigenvalue weighted by Crippen LogP contribution is -2.41. The Balaban J connectivity index is 4.51. The van der Waals surface area contributed by atoms with Crippen LogP contribution in [0.2, 0.25) is 0 Å². The van der Waals surface area contributed by atoms with Crippen molar-refractivity contribution in [1.82, 2.24) is 25.3 Å². The quantitative estimate of drug-likeness (QED) is 0.0544. The van der Waals surface area contributed by atoms with E-state index >= 15 is 0 Å². The second-order valence-electron chi connectivity index (χ2n) is 10.1. The Morgan fingerprint density at radius 2 is 1.23 bits per heavy atom. The van der Waals surface area contributed by atoms with Crippen molar-refractivity contribution in [3.8, 4) is 37.0 Å². The number of quaternary nitrogens is 1. The molecule has 0 saturated carbocycles. The molecule has 0 aromatic carbocycles. The Bertz CT molecular complexity index is 789. The van der Waals surface area contributed by atoms with Gasteiger partial charge in [-0.25, -0.2) is 4.57 Å². The van der Waals surface area contributed by atoms with Crippen LogP contribution < -0.4 is 10.6 Å². The van der Waals surface area contributed by atoms with Gasteiger partial charge in [-0.1, -0.05) is 17.8 Å². The minimum Gasteiger partial charge on any atom is -0.379 e. The molecule has 1 atom stereocenters. The van der Waals surface area contributed by atoms with E-state index in [9.17, 15) is 9.46 Å².